The Bertz CT molecular complexity index is 956. The first-order chi connectivity index (χ1) is 15.5. The molecule has 3 heterocycles. The second kappa shape index (κ2) is 9.98. The number of carbonyl (C=O) groups is 2. The van der Waals surface area contributed by atoms with Crippen molar-refractivity contribution in [2.45, 2.75) is 43.8 Å². The van der Waals surface area contributed by atoms with Crippen LogP contribution >= 0.6 is 0 Å². The van der Waals surface area contributed by atoms with Crippen LogP contribution in [-0.4, -0.2) is 88.7 Å². The second-order valence-corrected chi connectivity index (χ2v) is 7.35. The first-order valence-electron chi connectivity index (χ1n) is 9.91. The number of carbonyl (C=O) groups excluding carboxylic acids is 2. The van der Waals surface area contributed by atoms with Gasteiger partial charge in [0.15, 0.2) is 6.23 Å². The molecule has 1 fully saturated rings. The lowest BCUT2D eigenvalue weighted by atomic mass is 10.1. The molecule has 0 bridgehead atoms. The van der Waals surface area contributed by atoms with Crippen molar-refractivity contribution in [2.75, 3.05) is 31.7 Å². The number of rotatable bonds is 6. The molecule has 2 amide bonds. The number of fused-ring (bicyclic) bond motifs is 1. The molecular formula is C19H23F3N4O7. The van der Waals surface area contributed by atoms with Gasteiger partial charge in [0.05, 0.1) is 30.5 Å². The van der Waals surface area contributed by atoms with Crippen molar-refractivity contribution in [2.24, 2.45) is 0 Å². The zero-order chi connectivity index (χ0) is 24.3. The molecule has 2 aliphatic rings. The lowest BCUT2D eigenvalue weighted by molar-refractivity contribution is -0.173. The molecule has 1 aromatic rings. The molecule has 2 aliphatic heterocycles. The van der Waals surface area contributed by atoms with E-state index in [1.54, 1.807) is 12.2 Å². The van der Waals surface area contributed by atoms with E-state index in [0.29, 0.717) is 5.82 Å². The van der Waals surface area contributed by atoms with Gasteiger partial charge in [-0.2, -0.15) is 13.2 Å². The van der Waals surface area contributed by atoms with Crippen LogP contribution in [0, 0.1) is 11.8 Å². The van der Waals surface area contributed by atoms with E-state index in [-0.39, 0.29) is 30.9 Å². The number of aromatic nitrogens is 1. The molecule has 182 valence electrons. The van der Waals surface area contributed by atoms with Gasteiger partial charge < -0.3 is 45.3 Å². The van der Waals surface area contributed by atoms with Crippen LogP contribution in [-0.2, 0) is 14.3 Å². The molecule has 0 aromatic carbocycles. The third-order valence-corrected chi connectivity index (χ3v) is 4.94. The fourth-order valence-corrected chi connectivity index (χ4v) is 3.41. The maximum absolute atomic E-state index is 12.5. The van der Waals surface area contributed by atoms with Crippen LogP contribution in [0.25, 0.3) is 0 Å². The number of hydrogen-bond acceptors (Lipinski definition) is 8. The van der Waals surface area contributed by atoms with E-state index >= 15 is 0 Å². The van der Waals surface area contributed by atoms with Gasteiger partial charge in [0.2, 0.25) is 0 Å². The fourth-order valence-electron chi connectivity index (χ4n) is 3.41. The van der Waals surface area contributed by atoms with E-state index in [0.717, 1.165) is 0 Å². The summed E-state index contributed by atoms with van der Waals surface area (Å²) in [4.78, 5) is 23.2. The Morgan fingerprint density at radius 2 is 2.06 bits per heavy atom. The van der Waals surface area contributed by atoms with E-state index in [4.69, 9.17) is 9.47 Å². The van der Waals surface area contributed by atoms with Crippen LogP contribution in [0.3, 0.4) is 0 Å². The van der Waals surface area contributed by atoms with Gasteiger partial charge in [-0.05, 0) is 6.92 Å². The maximum Gasteiger partial charge on any atom is 0.471 e. The Hall–Kier alpha value is -2.83. The van der Waals surface area contributed by atoms with Crippen molar-refractivity contribution in [3.8, 4) is 11.8 Å². The number of aliphatic hydroxyl groups excluding tert-OH is 3. The van der Waals surface area contributed by atoms with Crippen molar-refractivity contribution in [1.82, 2.24) is 15.2 Å². The largest absolute Gasteiger partial charge is 0.471 e. The number of aliphatic hydroxyl groups is 3. The minimum atomic E-state index is -4.97. The summed E-state index contributed by atoms with van der Waals surface area (Å²) >= 11 is 0. The van der Waals surface area contributed by atoms with Crippen molar-refractivity contribution in [3.05, 3.63) is 17.3 Å². The van der Waals surface area contributed by atoms with Gasteiger partial charge in [-0.25, -0.2) is 0 Å². The number of halogens is 3. The standard InChI is InChI=1S/C19H23F3N4O7/c1-9-24-15-12(16(30)25-9)10(3-2-5-32-6-4-23-18(31)19(20,21)22)7-26(15)17-14(29)13(28)11(8-27)33-17/h7,9,11,13-14,17,24,27-29H,4-6,8H2,1H3,(H,23,31)(H,25,30). The first kappa shape index (κ1) is 24.8. The van der Waals surface area contributed by atoms with E-state index < -0.39 is 55.3 Å². The topological polar surface area (TPSA) is 154 Å². The van der Waals surface area contributed by atoms with Crippen LogP contribution in [0.1, 0.15) is 29.1 Å². The Kier molecular flexibility index (Phi) is 7.50. The summed E-state index contributed by atoms with van der Waals surface area (Å²) in [5.41, 5.74) is 0.407. The van der Waals surface area contributed by atoms with Crippen LogP contribution in [0.2, 0.25) is 0 Å². The van der Waals surface area contributed by atoms with Crippen molar-refractivity contribution in [1.29, 1.82) is 0 Å². The predicted octanol–water partition coefficient (Wildman–Crippen LogP) is -1.35. The minimum absolute atomic E-state index is 0.163. The fraction of sp³-hybridized carbons (Fsp3) is 0.579. The quantitative estimate of drug-likeness (QED) is 0.218. The van der Waals surface area contributed by atoms with E-state index in [1.165, 1.54) is 10.8 Å². The smallest absolute Gasteiger partial charge is 0.394 e. The molecule has 0 aliphatic carbocycles. The third kappa shape index (κ3) is 5.40. The summed E-state index contributed by atoms with van der Waals surface area (Å²) in [6, 6.07) is 0. The number of anilines is 1. The van der Waals surface area contributed by atoms with Crippen LogP contribution < -0.4 is 16.0 Å². The second-order valence-electron chi connectivity index (χ2n) is 7.35. The summed E-state index contributed by atoms with van der Waals surface area (Å²) in [6.07, 6.45) is -8.81. The number of amides is 2. The molecule has 5 atom stereocenters. The highest BCUT2D eigenvalue weighted by molar-refractivity contribution is 6.03. The molecule has 1 saturated heterocycles. The summed E-state index contributed by atoms with van der Waals surface area (Å²) in [5, 5.41) is 37.1. The average Bonchev–Trinajstić information content (AvgIpc) is 3.23. The van der Waals surface area contributed by atoms with E-state index in [1.807, 2.05) is 0 Å². The number of hydrogen-bond donors (Lipinski definition) is 6. The Morgan fingerprint density at radius 3 is 2.70 bits per heavy atom. The molecule has 0 spiro atoms. The van der Waals surface area contributed by atoms with Gasteiger partial charge in [-0.15, -0.1) is 0 Å². The number of alkyl halides is 3. The molecule has 6 N–H and O–H groups in total. The Morgan fingerprint density at radius 1 is 1.33 bits per heavy atom. The molecule has 11 nitrogen and oxygen atoms in total. The highest BCUT2D eigenvalue weighted by Gasteiger charge is 2.45. The Balaban J connectivity index is 1.71. The highest BCUT2D eigenvalue weighted by Crippen LogP contribution is 2.36. The minimum Gasteiger partial charge on any atom is -0.394 e. The maximum atomic E-state index is 12.5. The van der Waals surface area contributed by atoms with Crippen molar-refractivity contribution in [3.63, 3.8) is 0 Å². The normalized spacial score (nSPS) is 26.6. The molecule has 0 saturated carbocycles. The molecular weight excluding hydrogens is 453 g/mol. The summed E-state index contributed by atoms with van der Waals surface area (Å²) in [6.45, 7) is 0.405. The van der Waals surface area contributed by atoms with Gasteiger partial charge in [-0.1, -0.05) is 11.8 Å². The van der Waals surface area contributed by atoms with E-state index in [2.05, 4.69) is 22.5 Å². The number of ether oxygens (including phenoxy) is 2. The van der Waals surface area contributed by atoms with Crippen LogP contribution in [0.5, 0.6) is 0 Å². The average molecular weight is 476 g/mol. The van der Waals surface area contributed by atoms with Gasteiger partial charge in [0.25, 0.3) is 5.91 Å². The summed E-state index contributed by atoms with van der Waals surface area (Å²) in [5.74, 6) is 3.13. The zero-order valence-electron chi connectivity index (χ0n) is 17.3. The van der Waals surface area contributed by atoms with Gasteiger partial charge >= 0.3 is 12.1 Å². The Labute approximate surface area is 185 Å². The molecule has 33 heavy (non-hydrogen) atoms. The lowest BCUT2D eigenvalue weighted by Crippen LogP contribution is -2.44. The number of nitrogens with one attached hydrogen (secondary N) is 3. The molecule has 5 unspecified atom stereocenters. The number of nitrogens with zero attached hydrogens (tertiary/aromatic N) is 1. The first-order valence-corrected chi connectivity index (χ1v) is 9.91. The van der Waals surface area contributed by atoms with Crippen molar-refractivity contribution < 1.29 is 47.6 Å². The molecule has 0 radical (unpaired) electrons. The van der Waals surface area contributed by atoms with Crippen LogP contribution in [0.4, 0.5) is 19.0 Å². The summed E-state index contributed by atoms with van der Waals surface area (Å²) in [7, 11) is 0. The predicted molar refractivity (Wildman–Crippen MR) is 105 cm³/mol. The van der Waals surface area contributed by atoms with Gasteiger partial charge in [-0.3, -0.25) is 9.59 Å². The zero-order valence-corrected chi connectivity index (χ0v) is 17.3. The third-order valence-electron chi connectivity index (χ3n) is 4.94. The molecule has 14 heteroatoms. The molecule has 1 aromatic heterocycles. The SMILES string of the molecule is CC1NC(=O)c2c(C#CCOCCNC(=O)C(F)(F)F)cn(C3OC(CO)C(O)C3O)c2N1. The monoisotopic (exact) mass is 476 g/mol. The summed E-state index contributed by atoms with van der Waals surface area (Å²) < 4.78 is 48.3. The lowest BCUT2D eigenvalue weighted by Gasteiger charge is -2.27. The molecule has 3 rings (SSSR count). The van der Waals surface area contributed by atoms with E-state index in [9.17, 15) is 38.1 Å². The van der Waals surface area contributed by atoms with Crippen LogP contribution in [0.15, 0.2) is 6.20 Å². The highest BCUT2D eigenvalue weighted by atomic mass is 19.4. The van der Waals surface area contributed by atoms with Gasteiger partial charge in [0, 0.05) is 12.7 Å². The van der Waals surface area contributed by atoms with Crippen molar-refractivity contribution >= 4 is 17.6 Å². The van der Waals surface area contributed by atoms with Gasteiger partial charge in [0.1, 0.15) is 30.7 Å².